The zero-order valence-electron chi connectivity index (χ0n) is 8.85. The second-order valence-electron chi connectivity index (χ2n) is 3.91. The van der Waals surface area contributed by atoms with Crippen molar-refractivity contribution in [2.45, 2.75) is 31.6 Å². The van der Waals surface area contributed by atoms with E-state index < -0.39 is 6.10 Å². The molecule has 4 heteroatoms. The molecule has 1 aliphatic rings. The van der Waals surface area contributed by atoms with E-state index in [1.807, 2.05) is 6.92 Å². The molecule has 1 saturated heterocycles. The third-order valence-corrected chi connectivity index (χ3v) is 2.82. The molecule has 0 radical (unpaired) electrons. The van der Waals surface area contributed by atoms with Gasteiger partial charge in [-0.25, -0.2) is 0 Å². The Hall–Kier alpha value is -0.840. The Kier molecular flexibility index (Phi) is 3.41. The quantitative estimate of drug-likeness (QED) is 0.782. The summed E-state index contributed by atoms with van der Waals surface area (Å²) in [5.74, 6) is 0.606. The minimum atomic E-state index is -0.576. The number of ether oxygens (including phenoxy) is 1. The second-order valence-corrected chi connectivity index (χ2v) is 3.91. The Labute approximate surface area is 89.2 Å². The molecule has 15 heavy (non-hydrogen) atoms. The minimum Gasteiger partial charge on any atom is -0.467 e. The van der Waals surface area contributed by atoms with Crippen molar-refractivity contribution in [3.63, 3.8) is 0 Å². The van der Waals surface area contributed by atoms with Crippen molar-refractivity contribution < 1.29 is 14.3 Å². The Morgan fingerprint density at radius 3 is 3.13 bits per heavy atom. The predicted molar refractivity (Wildman–Crippen MR) is 55.5 cm³/mol. The van der Waals surface area contributed by atoms with E-state index in [4.69, 9.17) is 9.15 Å². The van der Waals surface area contributed by atoms with E-state index in [9.17, 15) is 5.11 Å². The number of aliphatic hydroxyl groups excluding tert-OH is 1. The standard InChI is InChI=1S/C11H17NO3/c1-8-9(4-6-14-8)12-7-10(13)11-3-2-5-15-11/h2-3,5,8-10,12-13H,4,6-7H2,1H3. The number of hydrogen-bond donors (Lipinski definition) is 2. The van der Waals surface area contributed by atoms with E-state index in [1.54, 1.807) is 18.4 Å². The van der Waals surface area contributed by atoms with Crippen molar-refractivity contribution in [1.82, 2.24) is 5.32 Å². The number of nitrogens with one attached hydrogen (secondary N) is 1. The van der Waals surface area contributed by atoms with E-state index in [1.165, 1.54) is 0 Å². The molecule has 1 aromatic heterocycles. The molecule has 0 spiro atoms. The molecule has 1 aromatic rings. The Morgan fingerprint density at radius 2 is 2.53 bits per heavy atom. The molecule has 2 N–H and O–H groups in total. The van der Waals surface area contributed by atoms with Crippen molar-refractivity contribution >= 4 is 0 Å². The lowest BCUT2D eigenvalue weighted by Gasteiger charge is -2.17. The Bertz CT molecular complexity index is 286. The highest BCUT2D eigenvalue weighted by atomic mass is 16.5. The minimum absolute atomic E-state index is 0.230. The fraction of sp³-hybridized carbons (Fsp3) is 0.636. The van der Waals surface area contributed by atoms with Gasteiger partial charge in [-0.1, -0.05) is 0 Å². The van der Waals surface area contributed by atoms with Crippen molar-refractivity contribution in [1.29, 1.82) is 0 Å². The maximum absolute atomic E-state index is 9.76. The van der Waals surface area contributed by atoms with Gasteiger partial charge >= 0.3 is 0 Å². The number of furan rings is 1. The molecule has 3 atom stereocenters. The maximum Gasteiger partial charge on any atom is 0.133 e. The van der Waals surface area contributed by atoms with Crippen LogP contribution in [0.1, 0.15) is 25.2 Å². The molecule has 2 rings (SSSR count). The Morgan fingerprint density at radius 1 is 1.67 bits per heavy atom. The molecule has 4 nitrogen and oxygen atoms in total. The van der Waals surface area contributed by atoms with Gasteiger partial charge in [-0.05, 0) is 25.5 Å². The van der Waals surface area contributed by atoms with Gasteiger partial charge in [0.2, 0.25) is 0 Å². The first-order chi connectivity index (χ1) is 7.27. The van der Waals surface area contributed by atoms with Gasteiger partial charge in [0.1, 0.15) is 11.9 Å². The van der Waals surface area contributed by atoms with Gasteiger partial charge in [0.15, 0.2) is 0 Å². The van der Waals surface area contributed by atoms with E-state index in [-0.39, 0.29) is 6.10 Å². The third kappa shape index (κ3) is 2.59. The average Bonchev–Trinajstić information content (AvgIpc) is 2.85. The molecule has 1 aliphatic heterocycles. The smallest absolute Gasteiger partial charge is 0.133 e. The number of rotatable bonds is 4. The Balaban J connectivity index is 1.78. The van der Waals surface area contributed by atoms with E-state index in [2.05, 4.69) is 5.32 Å². The summed E-state index contributed by atoms with van der Waals surface area (Å²) in [6.07, 6.45) is 2.23. The van der Waals surface area contributed by atoms with Gasteiger partial charge in [0.25, 0.3) is 0 Å². The lowest BCUT2D eigenvalue weighted by molar-refractivity contribution is 0.103. The fourth-order valence-corrected chi connectivity index (χ4v) is 1.84. The predicted octanol–water partition coefficient (Wildman–Crippen LogP) is 1.08. The normalized spacial score (nSPS) is 28.1. The van der Waals surface area contributed by atoms with Crippen molar-refractivity contribution in [3.05, 3.63) is 24.2 Å². The van der Waals surface area contributed by atoms with Crippen LogP contribution in [0.15, 0.2) is 22.8 Å². The third-order valence-electron chi connectivity index (χ3n) is 2.82. The van der Waals surface area contributed by atoms with Crippen LogP contribution in [0, 0.1) is 0 Å². The zero-order chi connectivity index (χ0) is 10.7. The monoisotopic (exact) mass is 211 g/mol. The molecule has 0 aliphatic carbocycles. The molecular weight excluding hydrogens is 194 g/mol. The first-order valence-corrected chi connectivity index (χ1v) is 5.34. The number of hydrogen-bond acceptors (Lipinski definition) is 4. The van der Waals surface area contributed by atoms with Crippen LogP contribution in [-0.4, -0.2) is 30.4 Å². The topological polar surface area (TPSA) is 54.6 Å². The van der Waals surface area contributed by atoms with Crippen molar-refractivity contribution in [3.8, 4) is 0 Å². The highest BCUT2D eigenvalue weighted by molar-refractivity contribution is 5.02. The van der Waals surface area contributed by atoms with Gasteiger partial charge in [-0.2, -0.15) is 0 Å². The van der Waals surface area contributed by atoms with E-state index >= 15 is 0 Å². The van der Waals surface area contributed by atoms with Crippen LogP contribution in [0.2, 0.25) is 0 Å². The van der Waals surface area contributed by atoms with E-state index in [0.29, 0.717) is 18.3 Å². The number of aliphatic hydroxyl groups is 1. The van der Waals surface area contributed by atoms with Crippen LogP contribution in [0.25, 0.3) is 0 Å². The molecule has 84 valence electrons. The maximum atomic E-state index is 9.76. The molecule has 0 saturated carbocycles. The summed E-state index contributed by atoms with van der Waals surface area (Å²) in [5.41, 5.74) is 0. The molecule has 1 fully saturated rings. The van der Waals surface area contributed by atoms with Crippen LogP contribution in [0.3, 0.4) is 0 Å². The summed E-state index contributed by atoms with van der Waals surface area (Å²) in [6.45, 7) is 3.35. The first kappa shape index (κ1) is 10.7. The van der Waals surface area contributed by atoms with Crippen molar-refractivity contribution in [2.24, 2.45) is 0 Å². The molecule has 3 unspecified atom stereocenters. The van der Waals surface area contributed by atoms with Gasteiger partial charge in [-0.3, -0.25) is 0 Å². The van der Waals surface area contributed by atoms with Crippen molar-refractivity contribution in [2.75, 3.05) is 13.2 Å². The van der Waals surface area contributed by atoms with E-state index in [0.717, 1.165) is 13.0 Å². The summed E-state index contributed by atoms with van der Waals surface area (Å²) in [7, 11) is 0. The highest BCUT2D eigenvalue weighted by Crippen LogP contribution is 2.15. The average molecular weight is 211 g/mol. The zero-order valence-corrected chi connectivity index (χ0v) is 8.85. The molecule has 0 bridgehead atoms. The van der Waals surface area contributed by atoms with Crippen LogP contribution in [0.4, 0.5) is 0 Å². The van der Waals surface area contributed by atoms with Crippen LogP contribution < -0.4 is 5.32 Å². The SMILES string of the molecule is CC1OCCC1NCC(O)c1ccco1. The second kappa shape index (κ2) is 4.79. The van der Waals surface area contributed by atoms with Gasteiger partial charge in [0.05, 0.1) is 12.4 Å². The van der Waals surface area contributed by atoms with Crippen LogP contribution >= 0.6 is 0 Å². The molecular formula is C11H17NO3. The lowest BCUT2D eigenvalue weighted by Crippen LogP contribution is -2.37. The highest BCUT2D eigenvalue weighted by Gasteiger charge is 2.24. The molecule has 2 heterocycles. The van der Waals surface area contributed by atoms with Gasteiger partial charge in [-0.15, -0.1) is 0 Å². The van der Waals surface area contributed by atoms with Gasteiger partial charge in [0, 0.05) is 19.2 Å². The summed E-state index contributed by atoms with van der Waals surface area (Å²) in [6, 6.07) is 3.90. The summed E-state index contributed by atoms with van der Waals surface area (Å²) in [5, 5.41) is 13.0. The largest absolute Gasteiger partial charge is 0.467 e. The molecule has 0 aromatic carbocycles. The summed E-state index contributed by atoms with van der Waals surface area (Å²) in [4.78, 5) is 0. The summed E-state index contributed by atoms with van der Waals surface area (Å²) < 4.78 is 10.5. The van der Waals surface area contributed by atoms with Gasteiger partial charge < -0.3 is 19.6 Å². The lowest BCUT2D eigenvalue weighted by atomic mass is 10.1. The summed E-state index contributed by atoms with van der Waals surface area (Å²) >= 11 is 0. The van der Waals surface area contributed by atoms with Crippen LogP contribution in [-0.2, 0) is 4.74 Å². The molecule has 0 amide bonds. The van der Waals surface area contributed by atoms with Crippen LogP contribution in [0.5, 0.6) is 0 Å². The fourth-order valence-electron chi connectivity index (χ4n) is 1.84. The first-order valence-electron chi connectivity index (χ1n) is 5.34.